The highest BCUT2D eigenvalue weighted by Crippen LogP contribution is 2.27. The van der Waals surface area contributed by atoms with E-state index in [0.29, 0.717) is 19.5 Å². The largest absolute Gasteiger partial charge is 0.481 e. The number of carboxylic acid groups (broad SMARTS) is 1. The first-order valence-electron chi connectivity index (χ1n) is 7.98. The number of aliphatic carboxylic acids is 1. The molecule has 1 heterocycles. The fourth-order valence-electron chi connectivity index (χ4n) is 2.34. The van der Waals surface area contributed by atoms with E-state index >= 15 is 0 Å². The van der Waals surface area contributed by atoms with Crippen molar-refractivity contribution in [1.29, 1.82) is 0 Å². The maximum atomic E-state index is 10.4. The van der Waals surface area contributed by atoms with E-state index in [1.807, 2.05) is 12.1 Å². The van der Waals surface area contributed by atoms with Gasteiger partial charge in [-0.25, -0.2) is 0 Å². The Labute approximate surface area is 137 Å². The molecule has 0 saturated carbocycles. The molecule has 1 aromatic heterocycles. The van der Waals surface area contributed by atoms with Crippen LogP contribution in [0.4, 0.5) is 0 Å². The summed E-state index contributed by atoms with van der Waals surface area (Å²) in [6.45, 7) is 7.87. The quantitative estimate of drug-likeness (QED) is 0.752. The fourth-order valence-corrected chi connectivity index (χ4v) is 2.34. The van der Waals surface area contributed by atoms with E-state index in [9.17, 15) is 4.79 Å². The Bertz CT molecular complexity index is 635. The number of carbonyl (C=O) groups is 1. The van der Waals surface area contributed by atoms with Crippen LogP contribution in [0.2, 0.25) is 0 Å². The molecule has 0 radical (unpaired) electrons. The van der Waals surface area contributed by atoms with Crippen molar-refractivity contribution in [2.45, 2.75) is 45.6 Å². The second-order valence-corrected chi connectivity index (χ2v) is 6.77. The second-order valence-electron chi connectivity index (χ2n) is 6.77. The molecule has 4 nitrogen and oxygen atoms in total. The minimum Gasteiger partial charge on any atom is -0.481 e. The molecule has 0 unspecified atom stereocenters. The summed E-state index contributed by atoms with van der Waals surface area (Å²) in [6, 6.07) is 12.4. The average Bonchev–Trinajstić information content (AvgIpc) is 2.95. The molecule has 0 spiro atoms. The molecule has 0 bridgehead atoms. The highest BCUT2D eigenvalue weighted by atomic mass is 16.4. The number of furan rings is 1. The van der Waals surface area contributed by atoms with E-state index in [2.05, 4.69) is 50.4 Å². The average molecular weight is 315 g/mol. The van der Waals surface area contributed by atoms with Gasteiger partial charge in [-0.1, -0.05) is 45.0 Å². The molecule has 2 aromatic rings. The maximum Gasteiger partial charge on any atom is 0.303 e. The predicted octanol–water partition coefficient (Wildman–Crippen LogP) is 4.20. The van der Waals surface area contributed by atoms with Gasteiger partial charge in [0.25, 0.3) is 0 Å². The van der Waals surface area contributed by atoms with Crippen LogP contribution in [0.5, 0.6) is 0 Å². The molecule has 23 heavy (non-hydrogen) atoms. The smallest absolute Gasteiger partial charge is 0.303 e. The second kappa shape index (κ2) is 7.47. The standard InChI is InChI=1S/C19H25NO3/c1-19(2,3)15-8-6-14(7-9-15)17-11-10-16(23-17)13-20-12-4-5-18(21)22/h6-11,20H,4-5,12-13H2,1-3H3,(H,21,22). The Balaban J connectivity index is 1.90. The molecule has 0 aliphatic carbocycles. The molecule has 0 aliphatic rings. The van der Waals surface area contributed by atoms with Gasteiger partial charge in [-0.3, -0.25) is 4.79 Å². The van der Waals surface area contributed by atoms with Gasteiger partial charge in [0.1, 0.15) is 11.5 Å². The first-order valence-corrected chi connectivity index (χ1v) is 7.98. The van der Waals surface area contributed by atoms with Crippen LogP contribution < -0.4 is 5.32 Å². The summed E-state index contributed by atoms with van der Waals surface area (Å²) < 4.78 is 5.84. The summed E-state index contributed by atoms with van der Waals surface area (Å²) in [5.41, 5.74) is 2.51. The van der Waals surface area contributed by atoms with Gasteiger partial charge in [-0.2, -0.15) is 0 Å². The van der Waals surface area contributed by atoms with Crippen LogP contribution in [0, 0.1) is 0 Å². The number of hydrogen-bond acceptors (Lipinski definition) is 3. The van der Waals surface area contributed by atoms with Crippen molar-refractivity contribution in [1.82, 2.24) is 5.32 Å². The first-order chi connectivity index (χ1) is 10.9. The Hall–Kier alpha value is -2.07. The molecule has 4 heteroatoms. The third kappa shape index (κ3) is 5.25. The number of nitrogens with one attached hydrogen (secondary N) is 1. The molecule has 2 rings (SSSR count). The number of hydrogen-bond donors (Lipinski definition) is 2. The molecule has 0 fully saturated rings. The summed E-state index contributed by atoms with van der Waals surface area (Å²) in [5.74, 6) is 0.953. The van der Waals surface area contributed by atoms with Crippen molar-refractivity contribution in [3.63, 3.8) is 0 Å². The molecule has 0 saturated heterocycles. The maximum absolute atomic E-state index is 10.4. The third-order valence-electron chi connectivity index (χ3n) is 3.74. The third-order valence-corrected chi connectivity index (χ3v) is 3.74. The summed E-state index contributed by atoms with van der Waals surface area (Å²) in [7, 11) is 0. The lowest BCUT2D eigenvalue weighted by molar-refractivity contribution is -0.137. The van der Waals surface area contributed by atoms with E-state index in [1.54, 1.807) is 0 Å². The van der Waals surface area contributed by atoms with Crippen LogP contribution in [0.15, 0.2) is 40.8 Å². The van der Waals surface area contributed by atoms with E-state index in [1.165, 1.54) is 5.56 Å². The van der Waals surface area contributed by atoms with Crippen LogP contribution in [-0.4, -0.2) is 17.6 Å². The monoisotopic (exact) mass is 315 g/mol. The van der Waals surface area contributed by atoms with E-state index in [-0.39, 0.29) is 11.8 Å². The van der Waals surface area contributed by atoms with Crippen LogP contribution in [0.3, 0.4) is 0 Å². The Morgan fingerprint density at radius 1 is 1.13 bits per heavy atom. The minimum atomic E-state index is -0.759. The predicted molar refractivity (Wildman–Crippen MR) is 91.4 cm³/mol. The summed E-state index contributed by atoms with van der Waals surface area (Å²) in [6.07, 6.45) is 0.813. The summed E-state index contributed by atoms with van der Waals surface area (Å²) >= 11 is 0. The van der Waals surface area contributed by atoms with Crippen molar-refractivity contribution in [2.75, 3.05) is 6.54 Å². The normalized spacial score (nSPS) is 11.6. The highest BCUT2D eigenvalue weighted by Gasteiger charge is 2.13. The summed E-state index contributed by atoms with van der Waals surface area (Å²) in [4.78, 5) is 10.4. The molecule has 0 atom stereocenters. The fraction of sp³-hybridized carbons (Fsp3) is 0.421. The zero-order valence-corrected chi connectivity index (χ0v) is 14.1. The van der Waals surface area contributed by atoms with Gasteiger partial charge < -0.3 is 14.8 Å². The van der Waals surface area contributed by atoms with Crippen molar-refractivity contribution in [2.24, 2.45) is 0 Å². The van der Waals surface area contributed by atoms with Gasteiger partial charge in [0, 0.05) is 12.0 Å². The van der Waals surface area contributed by atoms with Crippen molar-refractivity contribution in [3.8, 4) is 11.3 Å². The molecule has 2 N–H and O–H groups in total. The molecular formula is C19H25NO3. The zero-order valence-electron chi connectivity index (χ0n) is 14.1. The molecular weight excluding hydrogens is 290 g/mol. The lowest BCUT2D eigenvalue weighted by Crippen LogP contribution is -2.15. The van der Waals surface area contributed by atoms with Gasteiger partial charge in [-0.05, 0) is 36.1 Å². The minimum absolute atomic E-state index is 0.146. The summed E-state index contributed by atoms with van der Waals surface area (Å²) in [5, 5.41) is 11.8. The van der Waals surface area contributed by atoms with Crippen LogP contribution >= 0.6 is 0 Å². The van der Waals surface area contributed by atoms with Crippen LogP contribution in [-0.2, 0) is 16.8 Å². The highest BCUT2D eigenvalue weighted by molar-refractivity contribution is 5.66. The Kier molecular flexibility index (Phi) is 5.61. The molecule has 1 aromatic carbocycles. The van der Waals surface area contributed by atoms with E-state index in [4.69, 9.17) is 9.52 Å². The topological polar surface area (TPSA) is 62.5 Å². The number of benzene rings is 1. The number of carboxylic acids is 1. The Morgan fingerprint density at radius 2 is 1.83 bits per heavy atom. The van der Waals surface area contributed by atoms with Gasteiger partial charge >= 0.3 is 5.97 Å². The molecule has 124 valence electrons. The zero-order chi connectivity index (χ0) is 16.9. The van der Waals surface area contributed by atoms with Crippen molar-refractivity contribution in [3.05, 3.63) is 47.7 Å². The lowest BCUT2D eigenvalue weighted by Gasteiger charge is -2.18. The first kappa shape index (κ1) is 17.3. The van der Waals surface area contributed by atoms with Gasteiger partial charge in [-0.15, -0.1) is 0 Å². The van der Waals surface area contributed by atoms with Crippen molar-refractivity contribution >= 4 is 5.97 Å². The van der Waals surface area contributed by atoms with Crippen molar-refractivity contribution < 1.29 is 14.3 Å². The van der Waals surface area contributed by atoms with E-state index < -0.39 is 5.97 Å². The Morgan fingerprint density at radius 3 is 2.43 bits per heavy atom. The number of rotatable bonds is 7. The SMILES string of the molecule is CC(C)(C)c1ccc(-c2ccc(CNCCCC(=O)O)o2)cc1. The van der Waals surface area contributed by atoms with Gasteiger partial charge in [0.2, 0.25) is 0 Å². The molecule has 0 aliphatic heterocycles. The molecule has 0 amide bonds. The van der Waals surface area contributed by atoms with Crippen LogP contribution in [0.1, 0.15) is 44.9 Å². The van der Waals surface area contributed by atoms with Gasteiger partial charge in [0.15, 0.2) is 0 Å². The van der Waals surface area contributed by atoms with E-state index in [0.717, 1.165) is 17.1 Å². The van der Waals surface area contributed by atoms with Gasteiger partial charge in [0.05, 0.1) is 6.54 Å². The lowest BCUT2D eigenvalue weighted by atomic mass is 9.86. The van der Waals surface area contributed by atoms with Crippen LogP contribution in [0.25, 0.3) is 11.3 Å².